The number of hydrogen-bond donors (Lipinski definition) is 1. The molecule has 2 aromatic carbocycles. The van der Waals surface area contributed by atoms with Gasteiger partial charge < -0.3 is 4.98 Å². The lowest BCUT2D eigenvalue weighted by atomic mass is 10.0. The van der Waals surface area contributed by atoms with E-state index < -0.39 is 17.4 Å². The van der Waals surface area contributed by atoms with Gasteiger partial charge in [0.1, 0.15) is 0 Å². The first-order valence-corrected chi connectivity index (χ1v) is 6.12. The first-order valence-electron chi connectivity index (χ1n) is 6.12. The van der Waals surface area contributed by atoms with Gasteiger partial charge in [0.25, 0.3) is 0 Å². The summed E-state index contributed by atoms with van der Waals surface area (Å²) in [6, 6.07) is 11.6. The van der Waals surface area contributed by atoms with Gasteiger partial charge in [-0.05, 0) is 18.2 Å². The molecule has 1 heterocycles. The Balaban J connectivity index is 2.19. The van der Waals surface area contributed by atoms with Crippen molar-refractivity contribution in [3.05, 3.63) is 64.6 Å². The molecule has 0 radical (unpaired) electrons. The van der Waals surface area contributed by atoms with Gasteiger partial charge in [-0.1, -0.05) is 30.3 Å². The van der Waals surface area contributed by atoms with Crippen LogP contribution in [0.15, 0.2) is 53.3 Å². The van der Waals surface area contributed by atoms with E-state index in [2.05, 4.69) is 9.97 Å². The second-order valence-electron chi connectivity index (χ2n) is 4.51. The van der Waals surface area contributed by atoms with Crippen molar-refractivity contribution in [2.24, 2.45) is 0 Å². The van der Waals surface area contributed by atoms with Crippen LogP contribution in [-0.4, -0.2) is 9.97 Å². The van der Waals surface area contributed by atoms with Crippen LogP contribution < -0.4 is 5.69 Å². The number of H-pyrrole nitrogens is 1. The molecule has 3 rings (SSSR count). The highest BCUT2D eigenvalue weighted by molar-refractivity contribution is 5.91. The van der Waals surface area contributed by atoms with Gasteiger partial charge >= 0.3 is 11.9 Å². The van der Waals surface area contributed by atoms with E-state index in [4.69, 9.17) is 0 Å². The summed E-state index contributed by atoms with van der Waals surface area (Å²) in [6.07, 6.45) is -4.39. The molecular formula is C15H9F3N2O. The monoisotopic (exact) mass is 290 g/mol. The molecule has 0 bridgehead atoms. The van der Waals surface area contributed by atoms with Crippen LogP contribution in [0.1, 0.15) is 5.56 Å². The van der Waals surface area contributed by atoms with E-state index in [0.29, 0.717) is 22.2 Å². The maximum atomic E-state index is 12.6. The molecule has 0 aliphatic rings. The van der Waals surface area contributed by atoms with Gasteiger partial charge in [-0.3, -0.25) is 0 Å². The number of rotatable bonds is 1. The lowest BCUT2D eigenvalue weighted by Gasteiger charge is -2.08. The van der Waals surface area contributed by atoms with E-state index in [9.17, 15) is 18.0 Å². The molecule has 0 aliphatic heterocycles. The molecule has 1 aromatic heterocycles. The van der Waals surface area contributed by atoms with Crippen LogP contribution in [0.25, 0.3) is 22.2 Å². The molecule has 0 fully saturated rings. The van der Waals surface area contributed by atoms with Gasteiger partial charge in [0, 0.05) is 10.9 Å². The van der Waals surface area contributed by atoms with Crippen molar-refractivity contribution < 1.29 is 13.2 Å². The molecule has 0 unspecified atom stereocenters. The van der Waals surface area contributed by atoms with Crippen LogP contribution in [0.3, 0.4) is 0 Å². The fraction of sp³-hybridized carbons (Fsp3) is 0.0667. The number of aromatic amines is 1. The SMILES string of the molecule is O=c1nc(-c2ccc(C(F)(F)F)cc2)c2ccccc2[nH]1. The van der Waals surface area contributed by atoms with Gasteiger partial charge in [-0.15, -0.1) is 0 Å². The highest BCUT2D eigenvalue weighted by Gasteiger charge is 2.30. The molecule has 3 nitrogen and oxygen atoms in total. The number of aromatic nitrogens is 2. The minimum atomic E-state index is -4.39. The average Bonchev–Trinajstić information content (AvgIpc) is 2.45. The highest BCUT2D eigenvalue weighted by Crippen LogP contribution is 2.31. The van der Waals surface area contributed by atoms with E-state index in [-0.39, 0.29) is 0 Å². The fourth-order valence-electron chi connectivity index (χ4n) is 2.14. The van der Waals surface area contributed by atoms with Crippen molar-refractivity contribution in [3.8, 4) is 11.3 Å². The average molecular weight is 290 g/mol. The maximum absolute atomic E-state index is 12.6. The van der Waals surface area contributed by atoms with Gasteiger partial charge in [0.2, 0.25) is 0 Å². The molecule has 0 saturated heterocycles. The van der Waals surface area contributed by atoms with Crippen molar-refractivity contribution in [1.29, 1.82) is 0 Å². The fourth-order valence-corrected chi connectivity index (χ4v) is 2.14. The van der Waals surface area contributed by atoms with Crippen LogP contribution >= 0.6 is 0 Å². The lowest BCUT2D eigenvalue weighted by Crippen LogP contribution is -2.11. The Kier molecular flexibility index (Phi) is 3.01. The van der Waals surface area contributed by atoms with E-state index in [1.54, 1.807) is 24.3 Å². The second kappa shape index (κ2) is 4.73. The zero-order valence-corrected chi connectivity index (χ0v) is 10.6. The second-order valence-corrected chi connectivity index (χ2v) is 4.51. The number of nitrogens with one attached hydrogen (secondary N) is 1. The number of halogens is 3. The van der Waals surface area contributed by atoms with E-state index in [1.807, 2.05) is 0 Å². The molecule has 0 aliphatic carbocycles. The van der Waals surface area contributed by atoms with E-state index >= 15 is 0 Å². The summed E-state index contributed by atoms with van der Waals surface area (Å²) in [5.74, 6) is 0. The summed E-state index contributed by atoms with van der Waals surface area (Å²) in [5, 5.41) is 0.678. The smallest absolute Gasteiger partial charge is 0.305 e. The third-order valence-electron chi connectivity index (χ3n) is 3.12. The van der Waals surface area contributed by atoms with Crippen molar-refractivity contribution in [1.82, 2.24) is 9.97 Å². The normalized spacial score (nSPS) is 11.8. The maximum Gasteiger partial charge on any atom is 0.416 e. The van der Waals surface area contributed by atoms with Crippen molar-refractivity contribution >= 4 is 10.9 Å². The largest absolute Gasteiger partial charge is 0.416 e. The Bertz CT molecular complexity index is 851. The molecule has 106 valence electrons. The number of benzene rings is 2. The predicted octanol–water partition coefficient (Wildman–Crippen LogP) is 3.61. The Morgan fingerprint density at radius 1 is 0.952 bits per heavy atom. The zero-order chi connectivity index (χ0) is 15.0. The van der Waals surface area contributed by atoms with Gasteiger partial charge in [0.15, 0.2) is 0 Å². The zero-order valence-electron chi connectivity index (χ0n) is 10.6. The van der Waals surface area contributed by atoms with Crippen LogP contribution in [-0.2, 0) is 6.18 Å². The van der Waals surface area contributed by atoms with Crippen molar-refractivity contribution in [3.63, 3.8) is 0 Å². The lowest BCUT2D eigenvalue weighted by molar-refractivity contribution is -0.137. The summed E-state index contributed by atoms with van der Waals surface area (Å²) in [6.45, 7) is 0. The summed E-state index contributed by atoms with van der Waals surface area (Å²) in [5.41, 5.74) is 0.143. The van der Waals surface area contributed by atoms with Gasteiger partial charge in [-0.2, -0.15) is 18.2 Å². The summed E-state index contributed by atoms with van der Waals surface area (Å²) in [7, 11) is 0. The minimum absolute atomic E-state index is 0.364. The van der Waals surface area contributed by atoms with Crippen molar-refractivity contribution in [2.75, 3.05) is 0 Å². The summed E-state index contributed by atoms with van der Waals surface area (Å²) in [4.78, 5) is 18.0. The third kappa shape index (κ3) is 2.52. The number of para-hydroxylation sites is 1. The molecule has 0 amide bonds. The minimum Gasteiger partial charge on any atom is -0.305 e. The van der Waals surface area contributed by atoms with Crippen LogP contribution in [0, 0.1) is 0 Å². The first kappa shape index (κ1) is 13.4. The van der Waals surface area contributed by atoms with Crippen LogP contribution in [0.5, 0.6) is 0 Å². The predicted molar refractivity (Wildman–Crippen MR) is 72.8 cm³/mol. The van der Waals surface area contributed by atoms with Gasteiger partial charge in [0.05, 0.1) is 16.8 Å². The molecule has 0 saturated carbocycles. The molecule has 0 atom stereocenters. The van der Waals surface area contributed by atoms with Crippen LogP contribution in [0.4, 0.5) is 13.2 Å². The molecule has 0 spiro atoms. The van der Waals surface area contributed by atoms with E-state index in [1.165, 1.54) is 12.1 Å². The summed E-state index contributed by atoms with van der Waals surface area (Å²) < 4.78 is 37.7. The Hall–Kier alpha value is -2.63. The third-order valence-corrected chi connectivity index (χ3v) is 3.12. The van der Waals surface area contributed by atoms with Crippen LogP contribution in [0.2, 0.25) is 0 Å². The van der Waals surface area contributed by atoms with E-state index in [0.717, 1.165) is 12.1 Å². The topological polar surface area (TPSA) is 45.8 Å². The molecular weight excluding hydrogens is 281 g/mol. The Labute approximate surface area is 117 Å². The van der Waals surface area contributed by atoms with Gasteiger partial charge in [-0.25, -0.2) is 4.79 Å². The molecule has 6 heteroatoms. The number of hydrogen-bond acceptors (Lipinski definition) is 2. The Morgan fingerprint density at radius 3 is 2.29 bits per heavy atom. The highest BCUT2D eigenvalue weighted by atomic mass is 19.4. The number of nitrogens with zero attached hydrogens (tertiary/aromatic N) is 1. The summed E-state index contributed by atoms with van der Waals surface area (Å²) >= 11 is 0. The Morgan fingerprint density at radius 2 is 1.62 bits per heavy atom. The number of fused-ring (bicyclic) bond motifs is 1. The quantitative estimate of drug-likeness (QED) is 0.744. The van der Waals surface area contributed by atoms with Crippen molar-refractivity contribution in [2.45, 2.75) is 6.18 Å². The number of alkyl halides is 3. The molecule has 3 aromatic rings. The standard InChI is InChI=1S/C15H9F3N2O/c16-15(17,18)10-7-5-9(6-8-10)13-11-3-1-2-4-12(11)19-14(21)20-13/h1-8H,(H,19,20,21). The first-order chi connectivity index (χ1) is 9.95. The molecule has 21 heavy (non-hydrogen) atoms. The molecule has 1 N–H and O–H groups in total.